The van der Waals surface area contributed by atoms with Crippen LogP contribution in [0, 0.1) is 0 Å². The molecule has 4 aromatic rings. The number of halogens is 6. The van der Waals surface area contributed by atoms with Gasteiger partial charge in [0.25, 0.3) is 0 Å². The molecule has 0 aliphatic carbocycles. The normalized spacial score (nSPS) is 14.4. The van der Waals surface area contributed by atoms with Crippen molar-refractivity contribution in [2.45, 2.75) is 24.2 Å². The Hall–Kier alpha value is -3.35. The molecule has 164 valence electrons. The molecule has 0 saturated heterocycles. The van der Waals surface area contributed by atoms with Crippen LogP contribution in [0.25, 0.3) is 21.5 Å². The van der Waals surface area contributed by atoms with Crippen LogP contribution in [0.5, 0.6) is 0 Å². The van der Waals surface area contributed by atoms with Gasteiger partial charge in [-0.05, 0) is 32.7 Å². The van der Waals surface area contributed by atoms with Crippen LogP contribution in [0.1, 0.15) is 23.0 Å². The maximum atomic E-state index is 14.2. The Kier molecular flexibility index (Phi) is 5.44. The van der Waals surface area contributed by atoms with E-state index < -0.39 is 41.1 Å². The molecule has 7 heteroatoms. The average molecular weight is 446 g/mol. The van der Waals surface area contributed by atoms with E-state index in [2.05, 4.69) is 0 Å². The van der Waals surface area contributed by atoms with Gasteiger partial charge in [0, 0.05) is 0 Å². The van der Waals surface area contributed by atoms with Crippen LogP contribution in [-0.2, 0) is 4.79 Å². The molecular weight excluding hydrogens is 430 g/mol. The van der Waals surface area contributed by atoms with Crippen LogP contribution in [0.3, 0.4) is 0 Å². The van der Waals surface area contributed by atoms with Crippen molar-refractivity contribution in [3.8, 4) is 0 Å². The highest BCUT2D eigenvalue weighted by Crippen LogP contribution is 2.47. The predicted octanol–water partition coefficient (Wildman–Crippen LogP) is 7.55. The van der Waals surface area contributed by atoms with Gasteiger partial charge < -0.3 is 0 Å². The zero-order chi connectivity index (χ0) is 23.1. The molecule has 0 amide bonds. The van der Waals surface area contributed by atoms with Gasteiger partial charge in [0.2, 0.25) is 0 Å². The first kappa shape index (κ1) is 21.9. The van der Waals surface area contributed by atoms with Crippen molar-refractivity contribution < 1.29 is 31.1 Å². The minimum atomic E-state index is -5.21. The van der Waals surface area contributed by atoms with Crippen molar-refractivity contribution >= 4 is 27.3 Å². The third-order valence-electron chi connectivity index (χ3n) is 5.49. The van der Waals surface area contributed by atoms with Gasteiger partial charge in [-0.2, -0.15) is 26.3 Å². The van der Waals surface area contributed by atoms with Crippen molar-refractivity contribution in [3.63, 3.8) is 0 Å². The fourth-order valence-electron chi connectivity index (χ4n) is 4.15. The quantitative estimate of drug-likeness (QED) is 0.296. The van der Waals surface area contributed by atoms with Gasteiger partial charge in [-0.15, -0.1) is 0 Å². The smallest absolute Gasteiger partial charge is 0.298 e. The maximum Gasteiger partial charge on any atom is 0.402 e. The summed E-state index contributed by atoms with van der Waals surface area (Å²) in [6, 6.07) is 19.8. The summed E-state index contributed by atoms with van der Waals surface area (Å²) >= 11 is 0. The molecule has 0 fully saturated rings. The summed E-state index contributed by atoms with van der Waals surface area (Å²) in [5.74, 6) is -7.81. The first-order valence-electron chi connectivity index (χ1n) is 9.71. The maximum absolute atomic E-state index is 14.2. The Labute approximate surface area is 179 Å². The summed E-state index contributed by atoms with van der Waals surface area (Å²) in [6.45, 7) is 0. The fourth-order valence-corrected chi connectivity index (χ4v) is 4.15. The molecule has 0 aliphatic heterocycles. The van der Waals surface area contributed by atoms with E-state index in [-0.39, 0.29) is 10.8 Å². The van der Waals surface area contributed by atoms with E-state index in [1.165, 1.54) is 36.4 Å². The monoisotopic (exact) mass is 446 g/mol. The minimum Gasteiger partial charge on any atom is -0.298 e. The van der Waals surface area contributed by atoms with E-state index in [1.54, 1.807) is 36.4 Å². The van der Waals surface area contributed by atoms with Crippen molar-refractivity contribution in [3.05, 3.63) is 96.1 Å². The lowest BCUT2D eigenvalue weighted by Gasteiger charge is -2.28. The van der Waals surface area contributed by atoms with Gasteiger partial charge >= 0.3 is 12.4 Å². The van der Waals surface area contributed by atoms with Crippen molar-refractivity contribution in [1.29, 1.82) is 0 Å². The van der Waals surface area contributed by atoms with E-state index in [1.807, 2.05) is 0 Å². The van der Waals surface area contributed by atoms with Crippen LogP contribution < -0.4 is 0 Å². The van der Waals surface area contributed by atoms with Gasteiger partial charge in [0.1, 0.15) is 11.8 Å². The molecule has 32 heavy (non-hydrogen) atoms. The number of Topliss-reactive ketones (excluding diaryl/α,β-unsaturated/α-hetero) is 1. The Morgan fingerprint density at radius 1 is 0.531 bits per heavy atom. The molecule has 0 N–H and O–H groups in total. The summed E-state index contributed by atoms with van der Waals surface area (Å²) in [6.07, 6.45) is -10.4. The molecule has 2 unspecified atom stereocenters. The summed E-state index contributed by atoms with van der Waals surface area (Å²) < 4.78 is 85.0. The number of ketones is 1. The molecule has 0 heterocycles. The number of hydrogen-bond donors (Lipinski definition) is 0. The number of benzene rings is 4. The van der Waals surface area contributed by atoms with Gasteiger partial charge in [-0.3, -0.25) is 4.79 Å². The highest BCUT2D eigenvalue weighted by molar-refractivity contribution is 6.00. The lowest BCUT2D eigenvalue weighted by Crippen LogP contribution is -2.38. The zero-order valence-electron chi connectivity index (χ0n) is 16.4. The van der Waals surface area contributed by atoms with Crippen molar-refractivity contribution in [1.82, 2.24) is 0 Å². The molecule has 4 aromatic carbocycles. The van der Waals surface area contributed by atoms with E-state index in [0.717, 1.165) is 12.1 Å². The number of carbonyl (C=O) groups excluding carboxylic acids is 1. The molecule has 1 nitrogen and oxygen atoms in total. The number of carbonyl (C=O) groups is 1. The molecule has 0 spiro atoms. The second-order valence-corrected chi connectivity index (χ2v) is 7.49. The standard InChI is InChI=1S/C25H16F6O/c26-24(27,28)21(19-13-5-9-15-7-1-3-11-17(15)19)23(32)22(25(29,30)31)20-14-6-10-16-8-2-4-12-18(16)20/h1-14,21-22H. The highest BCUT2D eigenvalue weighted by Gasteiger charge is 2.55. The molecule has 0 bridgehead atoms. The molecule has 4 rings (SSSR count). The van der Waals surface area contributed by atoms with Crippen LogP contribution in [-0.4, -0.2) is 18.1 Å². The van der Waals surface area contributed by atoms with Crippen LogP contribution >= 0.6 is 0 Å². The topological polar surface area (TPSA) is 17.1 Å². The lowest BCUT2D eigenvalue weighted by atomic mass is 9.80. The van der Waals surface area contributed by atoms with Crippen molar-refractivity contribution in [2.75, 3.05) is 0 Å². The SMILES string of the molecule is O=C(C(c1cccc2ccccc12)C(F)(F)F)C(c1cccc2ccccc12)C(F)(F)F. The Balaban J connectivity index is 1.95. The van der Waals surface area contributed by atoms with Crippen LogP contribution in [0.4, 0.5) is 26.3 Å². The largest absolute Gasteiger partial charge is 0.402 e. The Morgan fingerprint density at radius 3 is 1.25 bits per heavy atom. The summed E-state index contributed by atoms with van der Waals surface area (Å²) in [4.78, 5) is 13.2. The number of rotatable bonds is 4. The molecule has 0 aliphatic rings. The summed E-state index contributed by atoms with van der Waals surface area (Å²) in [5.41, 5.74) is -0.981. The van der Waals surface area contributed by atoms with E-state index in [4.69, 9.17) is 0 Å². The van der Waals surface area contributed by atoms with Gasteiger partial charge in [0.05, 0.1) is 0 Å². The summed E-state index contributed by atoms with van der Waals surface area (Å²) in [5, 5.41) is 0.982. The predicted molar refractivity (Wildman–Crippen MR) is 110 cm³/mol. The first-order chi connectivity index (χ1) is 15.1. The molecule has 0 aromatic heterocycles. The number of hydrogen-bond acceptors (Lipinski definition) is 1. The van der Waals surface area contributed by atoms with E-state index >= 15 is 0 Å². The third kappa shape index (κ3) is 3.95. The van der Waals surface area contributed by atoms with Crippen molar-refractivity contribution in [2.24, 2.45) is 0 Å². The van der Waals surface area contributed by atoms with Crippen LogP contribution in [0.2, 0.25) is 0 Å². The second-order valence-electron chi connectivity index (χ2n) is 7.49. The van der Waals surface area contributed by atoms with Gasteiger partial charge in [-0.1, -0.05) is 84.9 Å². The number of alkyl halides is 6. The Morgan fingerprint density at radius 2 is 0.875 bits per heavy atom. The zero-order valence-corrected chi connectivity index (χ0v) is 16.4. The third-order valence-corrected chi connectivity index (χ3v) is 5.49. The second kappa shape index (κ2) is 7.97. The Bertz CT molecular complexity index is 1180. The van der Waals surface area contributed by atoms with E-state index in [9.17, 15) is 31.1 Å². The average Bonchev–Trinajstić information content (AvgIpc) is 2.72. The highest BCUT2D eigenvalue weighted by atomic mass is 19.4. The van der Waals surface area contributed by atoms with Gasteiger partial charge in [-0.25, -0.2) is 0 Å². The van der Waals surface area contributed by atoms with Gasteiger partial charge in [0.15, 0.2) is 5.78 Å². The lowest BCUT2D eigenvalue weighted by molar-refractivity contribution is -0.183. The molecule has 0 radical (unpaired) electrons. The first-order valence-corrected chi connectivity index (χ1v) is 9.71. The minimum absolute atomic E-state index is 0.0875. The fraction of sp³-hybridized carbons (Fsp3) is 0.160. The van der Waals surface area contributed by atoms with Crippen LogP contribution in [0.15, 0.2) is 84.9 Å². The molecule has 0 saturated carbocycles. The number of fused-ring (bicyclic) bond motifs is 2. The summed E-state index contributed by atoms with van der Waals surface area (Å²) in [7, 11) is 0. The van der Waals surface area contributed by atoms with E-state index in [0.29, 0.717) is 10.8 Å². The molecular formula is C25H16F6O. The molecule has 2 atom stereocenters.